The number of nitrogens with zero attached hydrogens (tertiary/aromatic N) is 1. The number of methoxy groups -OCH3 is 1. The summed E-state index contributed by atoms with van der Waals surface area (Å²) in [6.45, 7) is 0. The van der Waals surface area contributed by atoms with Gasteiger partial charge in [-0.3, -0.25) is 4.79 Å². The molecule has 0 radical (unpaired) electrons. The first-order chi connectivity index (χ1) is 9.58. The minimum absolute atomic E-state index is 0.0249. The van der Waals surface area contributed by atoms with Crippen molar-refractivity contribution in [2.45, 2.75) is 18.8 Å². The Bertz CT molecular complexity index is 723. The summed E-state index contributed by atoms with van der Waals surface area (Å²) in [6, 6.07) is 4.90. The van der Waals surface area contributed by atoms with E-state index in [-0.39, 0.29) is 11.3 Å². The number of nitrogens with one attached hydrogen (secondary N) is 1. The van der Waals surface area contributed by atoms with Gasteiger partial charge in [0.2, 0.25) is 0 Å². The minimum atomic E-state index is -0.167. The van der Waals surface area contributed by atoms with Crippen LogP contribution in [0.3, 0.4) is 0 Å². The summed E-state index contributed by atoms with van der Waals surface area (Å²) in [5.41, 5.74) is 1.35. The highest BCUT2D eigenvalue weighted by atomic mass is 79.9. The van der Waals surface area contributed by atoms with E-state index >= 15 is 0 Å². The van der Waals surface area contributed by atoms with E-state index in [4.69, 9.17) is 4.74 Å². The number of hydrogen-bond acceptors (Lipinski definition) is 4. The zero-order chi connectivity index (χ0) is 14.3. The van der Waals surface area contributed by atoms with Crippen LogP contribution in [0.15, 0.2) is 27.5 Å². The van der Waals surface area contributed by atoms with Crippen LogP contribution in [-0.4, -0.2) is 22.2 Å². The molecule has 1 heterocycles. The number of halogens is 1. The maximum absolute atomic E-state index is 11.7. The molecule has 20 heavy (non-hydrogen) atoms. The zero-order valence-corrected chi connectivity index (χ0v) is 12.4. The molecular weight excluding hydrogens is 324 g/mol. The fraction of sp³-hybridized carbons (Fsp3) is 0.286. The van der Waals surface area contributed by atoms with Crippen molar-refractivity contribution in [3.05, 3.63) is 38.7 Å². The summed E-state index contributed by atoms with van der Waals surface area (Å²) in [5, 5.41) is 9.81. The number of ether oxygens (including phenoxy) is 1. The Morgan fingerprint density at radius 1 is 1.40 bits per heavy atom. The monoisotopic (exact) mass is 336 g/mol. The molecule has 0 saturated heterocycles. The molecule has 2 N–H and O–H groups in total. The van der Waals surface area contributed by atoms with Crippen molar-refractivity contribution in [2.75, 3.05) is 7.11 Å². The van der Waals surface area contributed by atoms with Crippen LogP contribution in [0, 0.1) is 0 Å². The number of rotatable bonds is 3. The Balaban J connectivity index is 2.13. The van der Waals surface area contributed by atoms with E-state index in [0.717, 1.165) is 18.5 Å². The Kier molecular flexibility index (Phi) is 3.25. The first kappa shape index (κ1) is 13.2. The highest BCUT2D eigenvalue weighted by Crippen LogP contribution is 2.40. The van der Waals surface area contributed by atoms with Gasteiger partial charge in [0.25, 0.3) is 5.56 Å². The minimum Gasteiger partial charge on any atom is -0.503 e. The average molecular weight is 337 g/mol. The standard InChI is InChI=1S/C14H13BrN2O3/c1-20-11-5-8(4-9(15)13(11)19)14-16-10(7-2-3-7)6-12(18)17-14/h4-7,19H,2-3H2,1H3,(H,16,17,18). The Morgan fingerprint density at radius 3 is 2.80 bits per heavy atom. The second kappa shape index (κ2) is 4.94. The molecule has 3 rings (SSSR count). The molecule has 0 aliphatic heterocycles. The van der Waals surface area contributed by atoms with E-state index in [1.165, 1.54) is 7.11 Å². The molecule has 1 aliphatic carbocycles. The summed E-state index contributed by atoms with van der Waals surface area (Å²) < 4.78 is 5.60. The van der Waals surface area contributed by atoms with Gasteiger partial charge in [-0.05, 0) is 40.9 Å². The number of H-pyrrole nitrogens is 1. The number of phenolic OH excluding ortho intramolecular Hbond substituents is 1. The normalized spacial score (nSPS) is 14.3. The fourth-order valence-corrected chi connectivity index (χ4v) is 2.51. The predicted octanol–water partition coefficient (Wildman–Crippen LogP) is 2.79. The lowest BCUT2D eigenvalue weighted by atomic mass is 10.1. The van der Waals surface area contributed by atoms with E-state index in [9.17, 15) is 9.90 Å². The number of aromatic nitrogens is 2. The van der Waals surface area contributed by atoms with Crippen LogP contribution in [0.5, 0.6) is 11.5 Å². The van der Waals surface area contributed by atoms with Gasteiger partial charge in [0.1, 0.15) is 5.82 Å². The van der Waals surface area contributed by atoms with Crippen LogP contribution in [-0.2, 0) is 0 Å². The van der Waals surface area contributed by atoms with Crippen molar-refractivity contribution in [2.24, 2.45) is 0 Å². The maximum Gasteiger partial charge on any atom is 0.251 e. The summed E-state index contributed by atoms with van der Waals surface area (Å²) in [6.07, 6.45) is 2.16. The van der Waals surface area contributed by atoms with Gasteiger partial charge in [-0.25, -0.2) is 4.98 Å². The first-order valence-electron chi connectivity index (χ1n) is 6.26. The van der Waals surface area contributed by atoms with Gasteiger partial charge in [0.15, 0.2) is 11.5 Å². The van der Waals surface area contributed by atoms with Gasteiger partial charge in [-0.1, -0.05) is 0 Å². The summed E-state index contributed by atoms with van der Waals surface area (Å²) in [7, 11) is 1.47. The number of phenols is 1. The quantitative estimate of drug-likeness (QED) is 0.903. The van der Waals surface area contributed by atoms with Crippen LogP contribution in [0.25, 0.3) is 11.4 Å². The highest BCUT2D eigenvalue weighted by Gasteiger charge is 2.26. The molecule has 0 unspecified atom stereocenters. The van der Waals surface area contributed by atoms with Crippen molar-refractivity contribution < 1.29 is 9.84 Å². The molecule has 1 aromatic heterocycles. The van der Waals surface area contributed by atoms with Crippen LogP contribution < -0.4 is 10.3 Å². The lowest BCUT2D eigenvalue weighted by Crippen LogP contribution is -2.10. The van der Waals surface area contributed by atoms with Crippen LogP contribution in [0.2, 0.25) is 0 Å². The number of aromatic amines is 1. The van der Waals surface area contributed by atoms with Crippen molar-refractivity contribution in [1.82, 2.24) is 9.97 Å². The van der Waals surface area contributed by atoms with Gasteiger partial charge in [0.05, 0.1) is 17.3 Å². The van der Waals surface area contributed by atoms with Gasteiger partial charge in [-0.15, -0.1) is 0 Å². The van der Waals surface area contributed by atoms with Crippen molar-refractivity contribution >= 4 is 15.9 Å². The predicted molar refractivity (Wildman–Crippen MR) is 78.2 cm³/mol. The van der Waals surface area contributed by atoms with Crippen LogP contribution in [0.4, 0.5) is 0 Å². The molecule has 0 atom stereocenters. The second-order valence-corrected chi connectivity index (χ2v) is 5.66. The molecule has 104 valence electrons. The molecular formula is C14H13BrN2O3. The van der Waals surface area contributed by atoms with Gasteiger partial charge < -0.3 is 14.8 Å². The molecule has 5 nitrogen and oxygen atoms in total. The summed E-state index contributed by atoms with van der Waals surface area (Å²) in [4.78, 5) is 19.0. The molecule has 6 heteroatoms. The number of hydrogen-bond donors (Lipinski definition) is 2. The zero-order valence-electron chi connectivity index (χ0n) is 10.8. The Morgan fingerprint density at radius 2 is 2.15 bits per heavy atom. The molecule has 1 saturated carbocycles. The van der Waals surface area contributed by atoms with E-state index in [1.54, 1.807) is 18.2 Å². The van der Waals surface area contributed by atoms with Gasteiger partial charge >= 0.3 is 0 Å². The third-order valence-electron chi connectivity index (χ3n) is 3.28. The third kappa shape index (κ3) is 2.43. The Hall–Kier alpha value is -1.82. The van der Waals surface area contributed by atoms with Crippen molar-refractivity contribution in [3.8, 4) is 22.9 Å². The molecule has 0 amide bonds. The van der Waals surface area contributed by atoms with Gasteiger partial charge in [0, 0.05) is 17.5 Å². The molecule has 0 bridgehead atoms. The van der Waals surface area contributed by atoms with Crippen molar-refractivity contribution in [1.29, 1.82) is 0 Å². The van der Waals surface area contributed by atoms with E-state index in [1.807, 2.05) is 0 Å². The lowest BCUT2D eigenvalue weighted by Gasteiger charge is -2.09. The molecule has 1 aromatic carbocycles. The average Bonchev–Trinajstić information content (AvgIpc) is 3.25. The summed E-state index contributed by atoms with van der Waals surface area (Å²) in [5.74, 6) is 1.24. The second-order valence-electron chi connectivity index (χ2n) is 4.80. The van der Waals surface area contributed by atoms with Crippen LogP contribution >= 0.6 is 15.9 Å². The molecule has 0 spiro atoms. The molecule has 1 fully saturated rings. The topological polar surface area (TPSA) is 75.2 Å². The number of benzene rings is 1. The first-order valence-corrected chi connectivity index (χ1v) is 7.06. The highest BCUT2D eigenvalue weighted by molar-refractivity contribution is 9.10. The van der Waals surface area contributed by atoms with Gasteiger partial charge in [-0.2, -0.15) is 0 Å². The Labute approximate surface area is 123 Å². The number of aromatic hydroxyl groups is 1. The fourth-order valence-electron chi connectivity index (χ4n) is 2.07. The van der Waals surface area contributed by atoms with E-state index < -0.39 is 0 Å². The molecule has 2 aromatic rings. The largest absolute Gasteiger partial charge is 0.503 e. The van der Waals surface area contributed by atoms with E-state index in [0.29, 0.717) is 27.5 Å². The van der Waals surface area contributed by atoms with Crippen molar-refractivity contribution in [3.63, 3.8) is 0 Å². The summed E-state index contributed by atoms with van der Waals surface area (Å²) >= 11 is 3.26. The lowest BCUT2D eigenvalue weighted by molar-refractivity contribution is 0.372. The third-order valence-corrected chi connectivity index (χ3v) is 3.88. The van der Waals surface area contributed by atoms with E-state index in [2.05, 4.69) is 25.9 Å². The smallest absolute Gasteiger partial charge is 0.251 e. The van der Waals surface area contributed by atoms with Crippen LogP contribution in [0.1, 0.15) is 24.5 Å². The molecule has 1 aliphatic rings. The SMILES string of the molecule is COc1cc(-c2nc(C3CC3)cc(=O)[nH]2)cc(Br)c1O. The maximum atomic E-state index is 11.7.